The van der Waals surface area contributed by atoms with E-state index in [1.165, 1.54) is 5.39 Å². The minimum atomic E-state index is 0.517. The molecule has 0 atom stereocenters. The Hall–Kier alpha value is -8.81. The Bertz CT molecular complexity index is 4080. The number of hydrogen-bond donors (Lipinski definition) is 0. The molecule has 0 spiro atoms. The average molecular weight is 820 g/mol. The lowest BCUT2D eigenvalue weighted by atomic mass is 10.1. The molecule has 0 aliphatic carbocycles. The van der Waals surface area contributed by atoms with Crippen molar-refractivity contribution < 1.29 is 8.83 Å². The third-order valence-electron chi connectivity index (χ3n) is 12.8. The van der Waals surface area contributed by atoms with Crippen LogP contribution in [0.4, 0.5) is 0 Å². The molecule has 298 valence electrons. The maximum absolute atomic E-state index is 6.26. The Labute approximate surface area is 364 Å². The van der Waals surface area contributed by atoms with Crippen molar-refractivity contribution in [3.05, 3.63) is 200 Å². The van der Waals surface area contributed by atoms with Gasteiger partial charge in [-0.05, 0) is 83.9 Å². The predicted molar refractivity (Wildman–Crippen MR) is 259 cm³/mol. The van der Waals surface area contributed by atoms with Crippen molar-refractivity contribution in [1.29, 1.82) is 0 Å². The zero-order chi connectivity index (χ0) is 41.9. The van der Waals surface area contributed by atoms with Crippen LogP contribution in [0.2, 0.25) is 0 Å². The van der Waals surface area contributed by atoms with Crippen LogP contribution in [0.5, 0.6) is 0 Å². The van der Waals surface area contributed by atoms with Gasteiger partial charge in [-0.1, -0.05) is 127 Å². The molecule has 0 saturated heterocycles. The third-order valence-corrected chi connectivity index (χ3v) is 12.8. The number of benzene rings is 9. The molecule has 0 saturated carbocycles. The standard InChI is InChI=1S/C57H33N5O2/c1-2-13-34(14-3-1)35-15-12-16-38(31-35)61-47-21-8-4-17-39(47)43-27-28-44-40-18-5-9-22-48(40)62(54(44)53(43)61)57-59-55(36-25-29-51-45(32-36)41-19-6-10-23-49(41)63-51)58-56(60-57)37-26-30-52-46(33-37)42-20-7-11-24-50(42)64-52/h1-33H. The minimum absolute atomic E-state index is 0.517. The predicted octanol–water partition coefficient (Wildman–Crippen LogP) is 14.9. The molecule has 5 aromatic heterocycles. The third kappa shape index (κ3) is 5.12. The molecule has 9 aromatic carbocycles. The second-order valence-electron chi connectivity index (χ2n) is 16.4. The highest BCUT2D eigenvalue weighted by molar-refractivity contribution is 6.23. The minimum Gasteiger partial charge on any atom is -0.456 e. The Morgan fingerprint density at radius 2 is 0.781 bits per heavy atom. The summed E-state index contributed by atoms with van der Waals surface area (Å²) in [6.45, 7) is 0. The first-order valence-corrected chi connectivity index (χ1v) is 21.4. The lowest BCUT2D eigenvalue weighted by Crippen LogP contribution is -2.07. The van der Waals surface area contributed by atoms with E-state index < -0.39 is 0 Å². The number of rotatable bonds is 5. The summed E-state index contributed by atoms with van der Waals surface area (Å²) in [5.74, 6) is 1.62. The molecule has 5 heterocycles. The summed E-state index contributed by atoms with van der Waals surface area (Å²) in [6.07, 6.45) is 0. The molecule has 14 aromatic rings. The molecule has 64 heavy (non-hydrogen) atoms. The van der Waals surface area contributed by atoms with E-state index in [-0.39, 0.29) is 0 Å². The van der Waals surface area contributed by atoms with Crippen molar-refractivity contribution in [1.82, 2.24) is 24.1 Å². The van der Waals surface area contributed by atoms with Gasteiger partial charge in [-0.2, -0.15) is 9.97 Å². The Balaban J connectivity index is 1.09. The second-order valence-corrected chi connectivity index (χ2v) is 16.4. The van der Waals surface area contributed by atoms with Crippen molar-refractivity contribution >= 4 is 87.5 Å². The van der Waals surface area contributed by atoms with Gasteiger partial charge in [-0.3, -0.25) is 4.57 Å². The monoisotopic (exact) mass is 819 g/mol. The van der Waals surface area contributed by atoms with Gasteiger partial charge in [0, 0.05) is 59.9 Å². The number of para-hydroxylation sites is 4. The summed E-state index contributed by atoms with van der Waals surface area (Å²) in [5.41, 5.74) is 12.6. The van der Waals surface area contributed by atoms with E-state index in [4.69, 9.17) is 23.8 Å². The summed E-state index contributed by atoms with van der Waals surface area (Å²) in [4.78, 5) is 16.2. The van der Waals surface area contributed by atoms with Crippen molar-refractivity contribution in [3.8, 4) is 45.5 Å². The Morgan fingerprint density at radius 1 is 0.297 bits per heavy atom. The molecule has 0 bridgehead atoms. The fraction of sp³-hybridized carbons (Fsp3) is 0. The molecule has 0 fully saturated rings. The summed E-state index contributed by atoms with van der Waals surface area (Å²) in [5, 5.41) is 8.61. The van der Waals surface area contributed by atoms with E-state index in [0.29, 0.717) is 17.6 Å². The van der Waals surface area contributed by atoms with Crippen LogP contribution >= 0.6 is 0 Å². The van der Waals surface area contributed by atoms with Crippen LogP contribution in [-0.4, -0.2) is 24.1 Å². The molecule has 0 unspecified atom stereocenters. The van der Waals surface area contributed by atoms with Crippen molar-refractivity contribution in [2.45, 2.75) is 0 Å². The van der Waals surface area contributed by atoms with Crippen LogP contribution in [-0.2, 0) is 0 Å². The van der Waals surface area contributed by atoms with Crippen molar-refractivity contribution in [2.75, 3.05) is 0 Å². The van der Waals surface area contributed by atoms with Crippen LogP contribution in [0.25, 0.3) is 133 Å². The molecule has 0 aliphatic rings. The normalized spacial score (nSPS) is 12.1. The Morgan fingerprint density at radius 3 is 1.39 bits per heavy atom. The average Bonchev–Trinajstić information content (AvgIpc) is 4.11. The first kappa shape index (κ1) is 34.9. The molecule has 0 radical (unpaired) electrons. The number of hydrogen-bond acceptors (Lipinski definition) is 5. The smallest absolute Gasteiger partial charge is 0.238 e. The molecular formula is C57H33N5O2. The Kier molecular flexibility index (Phi) is 7.27. The second kappa shape index (κ2) is 13.3. The molecule has 0 amide bonds. The number of furan rings is 2. The highest BCUT2D eigenvalue weighted by Gasteiger charge is 2.24. The van der Waals surface area contributed by atoms with Crippen LogP contribution in [0.15, 0.2) is 209 Å². The van der Waals surface area contributed by atoms with E-state index >= 15 is 0 Å². The van der Waals surface area contributed by atoms with Gasteiger partial charge in [0.1, 0.15) is 22.3 Å². The summed E-state index contributed by atoms with van der Waals surface area (Å²) < 4.78 is 17.2. The molecule has 7 nitrogen and oxygen atoms in total. The molecule has 7 heteroatoms. The van der Waals surface area contributed by atoms with Gasteiger partial charge in [0.25, 0.3) is 0 Å². The first-order chi connectivity index (χ1) is 31.7. The highest BCUT2D eigenvalue weighted by Crippen LogP contribution is 2.43. The lowest BCUT2D eigenvalue weighted by molar-refractivity contribution is 0.668. The van der Waals surface area contributed by atoms with E-state index in [1.54, 1.807) is 0 Å². The van der Waals surface area contributed by atoms with Gasteiger partial charge in [0.2, 0.25) is 5.95 Å². The molecule has 14 rings (SSSR count). The van der Waals surface area contributed by atoms with Gasteiger partial charge < -0.3 is 13.4 Å². The zero-order valence-corrected chi connectivity index (χ0v) is 34.1. The van der Waals surface area contributed by atoms with Gasteiger partial charge >= 0.3 is 0 Å². The van der Waals surface area contributed by atoms with Gasteiger partial charge in [-0.25, -0.2) is 4.98 Å². The first-order valence-electron chi connectivity index (χ1n) is 21.4. The van der Waals surface area contributed by atoms with E-state index in [9.17, 15) is 0 Å². The van der Waals surface area contributed by atoms with Crippen molar-refractivity contribution in [3.63, 3.8) is 0 Å². The molecular weight excluding hydrogens is 787 g/mol. The van der Waals surface area contributed by atoms with Crippen LogP contribution in [0, 0.1) is 0 Å². The number of fused-ring (bicyclic) bond motifs is 13. The fourth-order valence-corrected chi connectivity index (χ4v) is 9.89. The van der Waals surface area contributed by atoms with Crippen LogP contribution in [0.1, 0.15) is 0 Å². The summed E-state index contributed by atoms with van der Waals surface area (Å²) in [6, 6.07) is 69.8. The number of nitrogens with zero attached hydrogens (tertiary/aromatic N) is 5. The summed E-state index contributed by atoms with van der Waals surface area (Å²) in [7, 11) is 0. The van der Waals surface area contributed by atoms with Crippen molar-refractivity contribution in [2.24, 2.45) is 0 Å². The lowest BCUT2D eigenvalue weighted by Gasteiger charge is -2.14. The van der Waals surface area contributed by atoms with Crippen LogP contribution < -0.4 is 0 Å². The number of aromatic nitrogens is 5. The SMILES string of the molecule is c1ccc(-c2cccc(-n3c4ccccc4c4ccc5c6ccccc6n(-c6nc(-c7ccc8oc9ccccc9c8c7)nc(-c7ccc8oc9ccccc9c8c7)n6)c5c43)c2)cc1. The van der Waals surface area contributed by atoms with E-state index in [1.807, 2.05) is 60.7 Å². The molecule has 0 N–H and O–H groups in total. The van der Waals surface area contributed by atoms with Gasteiger partial charge in [0.05, 0.1) is 22.1 Å². The van der Waals surface area contributed by atoms with Gasteiger partial charge in [0.15, 0.2) is 11.6 Å². The van der Waals surface area contributed by atoms with Gasteiger partial charge in [-0.15, -0.1) is 0 Å². The highest BCUT2D eigenvalue weighted by atomic mass is 16.3. The van der Waals surface area contributed by atoms with E-state index in [0.717, 1.165) is 110 Å². The zero-order valence-electron chi connectivity index (χ0n) is 34.1. The quantitative estimate of drug-likeness (QED) is 0.173. The fourth-order valence-electron chi connectivity index (χ4n) is 9.89. The topological polar surface area (TPSA) is 74.8 Å². The van der Waals surface area contributed by atoms with Crippen LogP contribution in [0.3, 0.4) is 0 Å². The largest absolute Gasteiger partial charge is 0.456 e. The molecule has 0 aliphatic heterocycles. The summed E-state index contributed by atoms with van der Waals surface area (Å²) >= 11 is 0. The van der Waals surface area contributed by atoms with E-state index in [2.05, 4.69) is 149 Å². The maximum Gasteiger partial charge on any atom is 0.238 e. The maximum atomic E-state index is 6.26.